The minimum absolute atomic E-state index is 0.0134. The number of aromatic amines is 1. The van der Waals surface area contributed by atoms with Crippen LogP contribution in [0.5, 0.6) is 0 Å². The zero-order valence-electron chi connectivity index (χ0n) is 13.5. The summed E-state index contributed by atoms with van der Waals surface area (Å²) in [4.78, 5) is 17.5. The Bertz CT molecular complexity index is 788. The number of aromatic nitrogens is 2. The molecular weight excluding hydrogens is 306 g/mol. The second-order valence-electron chi connectivity index (χ2n) is 5.82. The third kappa shape index (κ3) is 3.92. The molecule has 0 fully saturated rings. The van der Waals surface area contributed by atoms with Gasteiger partial charge in [0.2, 0.25) is 0 Å². The normalized spacial score (nSPS) is 11.6. The van der Waals surface area contributed by atoms with Gasteiger partial charge in [-0.2, -0.15) is 11.3 Å². The molecular formula is C18H23N3OS. The van der Waals surface area contributed by atoms with Crippen molar-refractivity contribution in [1.29, 1.82) is 0 Å². The maximum absolute atomic E-state index is 12.1. The number of nitrogens with zero attached hydrogens (tertiary/aromatic N) is 2. The van der Waals surface area contributed by atoms with Crippen LogP contribution < -0.4 is 5.69 Å². The van der Waals surface area contributed by atoms with Crippen LogP contribution in [0.25, 0.3) is 11.0 Å². The summed E-state index contributed by atoms with van der Waals surface area (Å²) in [7, 11) is 0. The third-order valence-corrected chi connectivity index (χ3v) is 4.89. The number of H-pyrrole nitrogens is 1. The Morgan fingerprint density at radius 1 is 1.17 bits per heavy atom. The summed E-state index contributed by atoms with van der Waals surface area (Å²) in [6.45, 7) is 5.95. The van der Waals surface area contributed by atoms with E-state index in [1.165, 1.54) is 5.56 Å². The van der Waals surface area contributed by atoms with Crippen LogP contribution in [0.1, 0.15) is 18.9 Å². The molecule has 2 heterocycles. The van der Waals surface area contributed by atoms with Crippen LogP contribution >= 0.6 is 11.3 Å². The molecule has 4 nitrogen and oxygen atoms in total. The Kier molecular flexibility index (Phi) is 5.31. The smallest absolute Gasteiger partial charge is 0.306 e. The lowest BCUT2D eigenvalue weighted by atomic mass is 10.2. The van der Waals surface area contributed by atoms with E-state index in [1.54, 1.807) is 11.3 Å². The van der Waals surface area contributed by atoms with Gasteiger partial charge in [0.05, 0.1) is 11.0 Å². The number of nitrogens with one attached hydrogen (secondary N) is 1. The number of hydrogen-bond donors (Lipinski definition) is 1. The van der Waals surface area contributed by atoms with Crippen molar-refractivity contribution in [3.8, 4) is 0 Å². The monoisotopic (exact) mass is 329 g/mol. The third-order valence-electron chi connectivity index (χ3n) is 4.16. The van der Waals surface area contributed by atoms with Gasteiger partial charge in [0.15, 0.2) is 0 Å². The van der Waals surface area contributed by atoms with E-state index < -0.39 is 0 Å². The molecule has 5 heteroatoms. The van der Waals surface area contributed by atoms with E-state index >= 15 is 0 Å². The summed E-state index contributed by atoms with van der Waals surface area (Å²) in [5.41, 5.74) is 3.30. The van der Waals surface area contributed by atoms with E-state index in [4.69, 9.17) is 0 Å². The van der Waals surface area contributed by atoms with E-state index in [9.17, 15) is 4.79 Å². The highest BCUT2D eigenvalue weighted by Crippen LogP contribution is 2.10. The van der Waals surface area contributed by atoms with Gasteiger partial charge in [-0.05, 0) is 53.9 Å². The molecule has 0 spiro atoms. The molecule has 0 aliphatic carbocycles. The van der Waals surface area contributed by atoms with Crippen LogP contribution in [0, 0.1) is 0 Å². The van der Waals surface area contributed by atoms with Crippen molar-refractivity contribution < 1.29 is 0 Å². The zero-order valence-corrected chi connectivity index (χ0v) is 14.3. The van der Waals surface area contributed by atoms with Crippen molar-refractivity contribution in [1.82, 2.24) is 14.5 Å². The van der Waals surface area contributed by atoms with Gasteiger partial charge in [-0.15, -0.1) is 0 Å². The van der Waals surface area contributed by atoms with Crippen LogP contribution in [0.15, 0.2) is 45.9 Å². The maximum Gasteiger partial charge on any atom is 0.326 e. The number of hydrogen-bond acceptors (Lipinski definition) is 3. The first-order chi connectivity index (χ1) is 11.3. The Labute approximate surface area is 140 Å². The molecule has 0 bridgehead atoms. The molecule has 3 aromatic rings. The minimum atomic E-state index is -0.0134. The Morgan fingerprint density at radius 2 is 2.04 bits per heavy atom. The first-order valence-electron chi connectivity index (χ1n) is 8.19. The number of thiophene rings is 1. The summed E-state index contributed by atoms with van der Waals surface area (Å²) in [6, 6.07) is 10.1. The molecule has 0 amide bonds. The quantitative estimate of drug-likeness (QED) is 0.688. The van der Waals surface area contributed by atoms with E-state index in [0.717, 1.165) is 50.1 Å². The molecule has 0 aliphatic rings. The first-order valence-corrected chi connectivity index (χ1v) is 9.13. The predicted molar refractivity (Wildman–Crippen MR) is 97.3 cm³/mol. The molecule has 1 aromatic carbocycles. The van der Waals surface area contributed by atoms with Crippen LogP contribution in [-0.2, 0) is 13.0 Å². The van der Waals surface area contributed by atoms with Crippen LogP contribution in [0.4, 0.5) is 0 Å². The fraction of sp³-hybridized carbons (Fsp3) is 0.389. The van der Waals surface area contributed by atoms with Crippen molar-refractivity contribution in [2.24, 2.45) is 0 Å². The second-order valence-corrected chi connectivity index (χ2v) is 6.60. The number of rotatable bonds is 8. The molecule has 0 saturated heterocycles. The molecule has 2 aromatic heterocycles. The fourth-order valence-corrected chi connectivity index (χ4v) is 3.65. The molecule has 0 unspecified atom stereocenters. The standard InChI is InChI=1S/C18H23N3OS/c1-2-9-20(10-7-15-8-13-23-14-15)11-12-21-17-6-4-3-5-16(17)19-18(21)22/h3-6,8,13-14H,2,7,9-12H2,1H3,(H,19,22). The second kappa shape index (κ2) is 7.62. The van der Waals surface area contributed by atoms with Crippen molar-refractivity contribution >= 4 is 22.4 Å². The molecule has 0 aliphatic heterocycles. The van der Waals surface area contributed by atoms with Gasteiger partial charge >= 0.3 is 5.69 Å². The van der Waals surface area contributed by atoms with Gasteiger partial charge in [0, 0.05) is 19.6 Å². The lowest BCUT2D eigenvalue weighted by Crippen LogP contribution is -2.32. The van der Waals surface area contributed by atoms with Gasteiger partial charge in [-0.25, -0.2) is 4.79 Å². The highest BCUT2D eigenvalue weighted by molar-refractivity contribution is 7.07. The molecule has 0 saturated carbocycles. The van der Waals surface area contributed by atoms with E-state index in [-0.39, 0.29) is 5.69 Å². The van der Waals surface area contributed by atoms with Crippen molar-refractivity contribution in [3.63, 3.8) is 0 Å². The summed E-state index contributed by atoms with van der Waals surface area (Å²) >= 11 is 1.75. The fourth-order valence-electron chi connectivity index (χ4n) is 2.94. The van der Waals surface area contributed by atoms with Crippen molar-refractivity contribution in [3.05, 3.63) is 57.1 Å². The Morgan fingerprint density at radius 3 is 2.83 bits per heavy atom. The van der Waals surface area contributed by atoms with Crippen molar-refractivity contribution in [2.45, 2.75) is 26.3 Å². The molecule has 23 heavy (non-hydrogen) atoms. The molecule has 1 N–H and O–H groups in total. The number of para-hydroxylation sites is 2. The SMILES string of the molecule is CCCN(CCc1ccsc1)CCn1c(=O)[nH]c2ccccc21. The largest absolute Gasteiger partial charge is 0.326 e. The first kappa shape index (κ1) is 16.0. The summed E-state index contributed by atoms with van der Waals surface area (Å²) < 4.78 is 1.85. The average molecular weight is 329 g/mol. The summed E-state index contributed by atoms with van der Waals surface area (Å²) in [5.74, 6) is 0. The van der Waals surface area contributed by atoms with Crippen molar-refractivity contribution in [2.75, 3.05) is 19.6 Å². The van der Waals surface area contributed by atoms with Crippen LogP contribution in [0.2, 0.25) is 0 Å². The molecule has 122 valence electrons. The van der Waals surface area contributed by atoms with Gasteiger partial charge < -0.3 is 9.88 Å². The zero-order chi connectivity index (χ0) is 16.1. The molecule has 3 rings (SSSR count). The summed E-state index contributed by atoms with van der Waals surface area (Å²) in [6.07, 6.45) is 2.21. The Hall–Kier alpha value is -1.85. The molecule has 0 radical (unpaired) electrons. The molecule has 0 atom stereocenters. The van der Waals surface area contributed by atoms with E-state index in [1.807, 2.05) is 28.8 Å². The van der Waals surface area contributed by atoms with Gasteiger partial charge in [0.1, 0.15) is 0 Å². The van der Waals surface area contributed by atoms with Gasteiger partial charge in [-0.1, -0.05) is 19.1 Å². The highest BCUT2D eigenvalue weighted by atomic mass is 32.1. The van der Waals surface area contributed by atoms with Crippen LogP contribution in [-0.4, -0.2) is 34.1 Å². The number of imidazole rings is 1. The van der Waals surface area contributed by atoms with Gasteiger partial charge in [0.25, 0.3) is 0 Å². The predicted octanol–water partition coefficient (Wildman–Crippen LogP) is 3.35. The minimum Gasteiger partial charge on any atom is -0.306 e. The van der Waals surface area contributed by atoms with E-state index in [0.29, 0.717) is 0 Å². The number of benzene rings is 1. The topological polar surface area (TPSA) is 41.0 Å². The highest BCUT2D eigenvalue weighted by Gasteiger charge is 2.09. The lowest BCUT2D eigenvalue weighted by Gasteiger charge is -2.21. The van der Waals surface area contributed by atoms with Gasteiger partial charge in [-0.3, -0.25) is 4.57 Å². The average Bonchev–Trinajstić information content (AvgIpc) is 3.17. The maximum atomic E-state index is 12.1. The Balaban J connectivity index is 1.65. The van der Waals surface area contributed by atoms with Crippen LogP contribution in [0.3, 0.4) is 0 Å². The lowest BCUT2D eigenvalue weighted by molar-refractivity contribution is 0.266. The number of fused-ring (bicyclic) bond motifs is 1. The summed E-state index contributed by atoms with van der Waals surface area (Å²) in [5, 5.41) is 4.35. The van der Waals surface area contributed by atoms with E-state index in [2.05, 4.69) is 33.6 Å².